The monoisotopic (exact) mass is 217 g/mol. The minimum absolute atomic E-state index is 0.0604. The van der Waals surface area contributed by atoms with Crippen LogP contribution in [-0.2, 0) is 0 Å². The van der Waals surface area contributed by atoms with Crippen LogP contribution in [0.4, 0.5) is 10.1 Å². The lowest BCUT2D eigenvalue weighted by Crippen LogP contribution is -2.00. The molecule has 4 nitrogen and oxygen atoms in total. The largest absolute Gasteiger partial charge is 0.305 e. The molecule has 1 aromatic carbocycles. The van der Waals surface area contributed by atoms with Crippen LogP contribution in [0.25, 0.3) is 0 Å². The molecule has 0 aliphatic carbocycles. The standard InChI is InChI=1S/C8H5ClFNO3/c1-4-5(8(9)12)2-3-6(7(4)10)11(13)14/h2-3H,1H3. The van der Waals surface area contributed by atoms with Crippen LogP contribution < -0.4 is 0 Å². The Kier molecular flexibility index (Phi) is 2.81. The minimum atomic E-state index is -1.03. The molecule has 0 N–H and O–H groups in total. The van der Waals surface area contributed by atoms with Crippen molar-refractivity contribution in [2.24, 2.45) is 0 Å². The summed E-state index contributed by atoms with van der Waals surface area (Å²) in [7, 11) is 0. The van der Waals surface area contributed by atoms with Gasteiger partial charge in [-0.25, -0.2) is 0 Å². The van der Waals surface area contributed by atoms with E-state index in [0.717, 1.165) is 12.1 Å². The van der Waals surface area contributed by atoms with Gasteiger partial charge in [0.1, 0.15) is 0 Å². The van der Waals surface area contributed by atoms with E-state index in [-0.39, 0.29) is 11.1 Å². The van der Waals surface area contributed by atoms with Gasteiger partial charge in [0.25, 0.3) is 5.24 Å². The number of hydrogen-bond donors (Lipinski definition) is 0. The van der Waals surface area contributed by atoms with Crippen molar-refractivity contribution >= 4 is 22.5 Å². The number of hydrogen-bond acceptors (Lipinski definition) is 3. The molecule has 1 rings (SSSR count). The van der Waals surface area contributed by atoms with E-state index in [4.69, 9.17) is 11.6 Å². The number of rotatable bonds is 2. The fourth-order valence-electron chi connectivity index (χ4n) is 1.02. The Morgan fingerprint density at radius 3 is 2.57 bits per heavy atom. The zero-order valence-corrected chi connectivity index (χ0v) is 7.84. The van der Waals surface area contributed by atoms with Gasteiger partial charge in [-0.2, -0.15) is 4.39 Å². The molecule has 0 radical (unpaired) electrons. The fourth-order valence-corrected chi connectivity index (χ4v) is 1.23. The third-order valence-electron chi connectivity index (χ3n) is 1.77. The number of nitro groups is 1. The van der Waals surface area contributed by atoms with Gasteiger partial charge in [0.15, 0.2) is 0 Å². The maximum Gasteiger partial charge on any atom is 0.305 e. The van der Waals surface area contributed by atoms with Crippen LogP contribution in [-0.4, -0.2) is 10.2 Å². The van der Waals surface area contributed by atoms with E-state index in [1.807, 2.05) is 0 Å². The lowest BCUT2D eigenvalue weighted by atomic mass is 10.1. The molecule has 0 saturated heterocycles. The second-order valence-electron chi connectivity index (χ2n) is 2.60. The lowest BCUT2D eigenvalue weighted by molar-refractivity contribution is -0.387. The number of carbonyl (C=O) groups excluding carboxylic acids is 1. The molecule has 14 heavy (non-hydrogen) atoms. The predicted octanol–water partition coefficient (Wildman–Crippen LogP) is 2.42. The summed E-state index contributed by atoms with van der Waals surface area (Å²) in [4.78, 5) is 20.2. The average molecular weight is 218 g/mol. The van der Waals surface area contributed by atoms with Gasteiger partial charge >= 0.3 is 5.69 Å². The smallest absolute Gasteiger partial charge is 0.276 e. The van der Waals surface area contributed by atoms with Crippen LogP contribution in [0.1, 0.15) is 15.9 Å². The van der Waals surface area contributed by atoms with Crippen LogP contribution in [0.2, 0.25) is 0 Å². The van der Waals surface area contributed by atoms with Gasteiger partial charge < -0.3 is 0 Å². The summed E-state index contributed by atoms with van der Waals surface area (Å²) in [6, 6.07) is 2.05. The highest BCUT2D eigenvalue weighted by molar-refractivity contribution is 6.67. The zero-order valence-electron chi connectivity index (χ0n) is 7.08. The number of nitro benzene ring substituents is 1. The molecule has 0 unspecified atom stereocenters. The van der Waals surface area contributed by atoms with Crippen molar-refractivity contribution in [3.05, 3.63) is 39.2 Å². The van der Waals surface area contributed by atoms with Crippen LogP contribution in [0.15, 0.2) is 12.1 Å². The maximum atomic E-state index is 13.2. The van der Waals surface area contributed by atoms with E-state index in [9.17, 15) is 19.3 Å². The van der Waals surface area contributed by atoms with Gasteiger partial charge in [-0.3, -0.25) is 14.9 Å². The Morgan fingerprint density at radius 1 is 1.57 bits per heavy atom. The molecule has 0 atom stereocenters. The molecule has 0 fully saturated rings. The van der Waals surface area contributed by atoms with Crippen molar-refractivity contribution in [1.29, 1.82) is 0 Å². The number of halogens is 2. The molecule has 0 saturated carbocycles. The summed E-state index contributed by atoms with van der Waals surface area (Å²) in [5.74, 6) is -1.03. The van der Waals surface area contributed by atoms with E-state index in [1.54, 1.807) is 0 Å². The Balaban J connectivity index is 3.41. The van der Waals surface area contributed by atoms with Gasteiger partial charge in [0.2, 0.25) is 5.82 Å². The molecule has 1 aromatic rings. The van der Waals surface area contributed by atoms with Gasteiger partial charge in [-0.1, -0.05) is 0 Å². The molecule has 0 aliphatic heterocycles. The average Bonchev–Trinajstić information content (AvgIpc) is 2.08. The molecule has 6 heteroatoms. The highest BCUT2D eigenvalue weighted by Crippen LogP contribution is 2.23. The Hall–Kier alpha value is -1.49. The molecule has 74 valence electrons. The van der Waals surface area contributed by atoms with E-state index >= 15 is 0 Å². The van der Waals surface area contributed by atoms with Crippen LogP contribution >= 0.6 is 11.6 Å². The molecule has 0 aliphatic rings. The van der Waals surface area contributed by atoms with Crippen molar-refractivity contribution < 1.29 is 14.1 Å². The molecular weight excluding hydrogens is 213 g/mol. The van der Waals surface area contributed by atoms with E-state index in [1.165, 1.54) is 6.92 Å². The summed E-state index contributed by atoms with van der Waals surface area (Å²) in [6.07, 6.45) is 0. The SMILES string of the molecule is Cc1c(C(=O)Cl)ccc([N+](=O)[O-])c1F. The van der Waals surface area contributed by atoms with Gasteiger partial charge in [-0.15, -0.1) is 0 Å². The molecule has 0 aromatic heterocycles. The molecule has 0 bridgehead atoms. The van der Waals surface area contributed by atoms with E-state index < -0.39 is 21.7 Å². The van der Waals surface area contributed by atoms with E-state index in [0.29, 0.717) is 0 Å². The first kappa shape index (κ1) is 10.6. The summed E-state index contributed by atoms with van der Waals surface area (Å²) in [6.45, 7) is 1.26. The summed E-state index contributed by atoms with van der Waals surface area (Å²) < 4.78 is 13.2. The maximum absolute atomic E-state index is 13.2. The Bertz CT molecular complexity index is 380. The third kappa shape index (κ3) is 1.72. The summed E-state index contributed by atoms with van der Waals surface area (Å²) in [5.41, 5.74) is -0.835. The number of benzene rings is 1. The van der Waals surface area contributed by atoms with Crippen molar-refractivity contribution in [3.8, 4) is 0 Å². The van der Waals surface area contributed by atoms with Gasteiger partial charge in [-0.05, 0) is 24.6 Å². The lowest BCUT2D eigenvalue weighted by Gasteiger charge is -2.01. The Morgan fingerprint density at radius 2 is 2.14 bits per heavy atom. The van der Waals surface area contributed by atoms with Gasteiger partial charge in [0.05, 0.1) is 4.92 Å². The molecule has 0 heterocycles. The van der Waals surface area contributed by atoms with Crippen molar-refractivity contribution in [1.82, 2.24) is 0 Å². The van der Waals surface area contributed by atoms with E-state index in [2.05, 4.69) is 0 Å². The van der Waals surface area contributed by atoms with Crippen molar-refractivity contribution in [2.75, 3.05) is 0 Å². The third-order valence-corrected chi connectivity index (χ3v) is 1.98. The Labute approximate surface area is 83.4 Å². The normalized spacial score (nSPS) is 9.93. The first-order chi connectivity index (χ1) is 6.45. The van der Waals surface area contributed by atoms with Crippen LogP contribution in [0.5, 0.6) is 0 Å². The first-order valence-corrected chi connectivity index (χ1v) is 3.96. The molecular formula is C8H5ClFNO3. The van der Waals surface area contributed by atoms with Crippen molar-refractivity contribution in [3.63, 3.8) is 0 Å². The summed E-state index contributed by atoms with van der Waals surface area (Å²) >= 11 is 5.14. The zero-order chi connectivity index (χ0) is 10.9. The van der Waals surface area contributed by atoms with Crippen LogP contribution in [0, 0.1) is 22.9 Å². The predicted molar refractivity (Wildman–Crippen MR) is 48.0 cm³/mol. The van der Waals surface area contributed by atoms with Gasteiger partial charge in [0, 0.05) is 17.2 Å². The number of carbonyl (C=O) groups is 1. The summed E-state index contributed by atoms with van der Waals surface area (Å²) in [5, 5.41) is 9.47. The fraction of sp³-hybridized carbons (Fsp3) is 0.125. The molecule has 0 amide bonds. The second kappa shape index (κ2) is 3.71. The highest BCUT2D eigenvalue weighted by Gasteiger charge is 2.20. The first-order valence-electron chi connectivity index (χ1n) is 3.58. The number of nitrogens with zero attached hydrogens (tertiary/aromatic N) is 1. The minimum Gasteiger partial charge on any atom is -0.276 e. The second-order valence-corrected chi connectivity index (χ2v) is 2.95. The topological polar surface area (TPSA) is 60.2 Å². The highest BCUT2D eigenvalue weighted by atomic mass is 35.5. The van der Waals surface area contributed by atoms with Crippen molar-refractivity contribution in [2.45, 2.75) is 6.92 Å². The quantitative estimate of drug-likeness (QED) is 0.434. The van der Waals surface area contributed by atoms with Crippen LogP contribution in [0.3, 0.4) is 0 Å². The molecule has 0 spiro atoms.